The van der Waals surface area contributed by atoms with E-state index < -0.39 is 24.0 Å². The van der Waals surface area contributed by atoms with E-state index in [1.54, 1.807) is 37.3 Å². The molecule has 0 radical (unpaired) electrons. The Hall–Kier alpha value is -3.32. The Kier molecular flexibility index (Phi) is 5.98. The number of carbonyl (C=O) groups is 2. The maximum Gasteiger partial charge on any atom is 0.349 e. The van der Waals surface area contributed by atoms with Crippen LogP contribution in [0.2, 0.25) is 0 Å². The first-order chi connectivity index (χ1) is 12.4. The van der Waals surface area contributed by atoms with E-state index in [0.717, 1.165) is 12.8 Å². The lowest BCUT2D eigenvalue weighted by molar-refractivity contribution is -0.144. The van der Waals surface area contributed by atoms with E-state index in [1.165, 1.54) is 13.2 Å². The van der Waals surface area contributed by atoms with Gasteiger partial charge in [0.25, 0.3) is 5.91 Å². The van der Waals surface area contributed by atoms with Gasteiger partial charge in [0.2, 0.25) is 0 Å². The third kappa shape index (κ3) is 4.84. The maximum absolute atomic E-state index is 12.0. The minimum Gasteiger partial charge on any atom is -0.497 e. The minimum atomic E-state index is -0.958. The van der Waals surface area contributed by atoms with Crippen molar-refractivity contribution >= 4 is 18.0 Å². The summed E-state index contributed by atoms with van der Waals surface area (Å²) in [5.74, 6) is -0.701. The largest absolute Gasteiger partial charge is 0.497 e. The molecule has 7 heteroatoms. The topological polar surface area (TPSA) is 112 Å². The van der Waals surface area contributed by atoms with E-state index in [2.05, 4.69) is 11.4 Å². The molecule has 0 heterocycles. The van der Waals surface area contributed by atoms with Crippen molar-refractivity contribution in [1.29, 1.82) is 10.5 Å². The van der Waals surface area contributed by atoms with Gasteiger partial charge in [0.1, 0.15) is 22.9 Å². The Labute approximate surface area is 151 Å². The monoisotopic (exact) mass is 353 g/mol. The molecule has 1 aliphatic carbocycles. The molecule has 1 N–H and O–H groups in total. The van der Waals surface area contributed by atoms with Crippen LogP contribution in [0, 0.1) is 28.6 Å². The van der Waals surface area contributed by atoms with E-state index in [9.17, 15) is 14.9 Å². The summed E-state index contributed by atoms with van der Waals surface area (Å²) in [5, 5.41) is 20.9. The summed E-state index contributed by atoms with van der Waals surface area (Å²) >= 11 is 0. The van der Waals surface area contributed by atoms with Crippen LogP contribution in [0.1, 0.15) is 25.3 Å². The van der Waals surface area contributed by atoms with Gasteiger partial charge < -0.3 is 14.8 Å². The molecule has 1 aromatic rings. The molecule has 1 saturated carbocycles. The lowest BCUT2D eigenvalue weighted by Gasteiger charge is -2.22. The zero-order valence-corrected chi connectivity index (χ0v) is 14.6. The van der Waals surface area contributed by atoms with E-state index in [1.807, 2.05) is 0 Å². The number of hydrogen-bond donors (Lipinski definition) is 1. The zero-order chi connectivity index (χ0) is 19.2. The molecule has 1 amide bonds. The lowest BCUT2D eigenvalue weighted by Crippen LogP contribution is -2.48. The summed E-state index contributed by atoms with van der Waals surface area (Å²) in [7, 11) is 1.54. The SMILES string of the molecule is COc1ccc(/C=C(\C#N)C(=O)OCC(=O)N[C@@](C)(C#N)C2CC2)cc1. The second-order valence-corrected chi connectivity index (χ2v) is 6.16. The van der Waals surface area contributed by atoms with Crippen molar-refractivity contribution in [3.63, 3.8) is 0 Å². The van der Waals surface area contributed by atoms with Crippen LogP contribution in [0.5, 0.6) is 5.75 Å². The predicted molar refractivity (Wildman–Crippen MR) is 92.4 cm³/mol. The zero-order valence-electron chi connectivity index (χ0n) is 14.6. The molecule has 0 saturated heterocycles. The van der Waals surface area contributed by atoms with E-state index in [0.29, 0.717) is 11.3 Å². The second kappa shape index (κ2) is 8.17. The number of rotatable bonds is 7. The van der Waals surface area contributed by atoms with E-state index in [-0.39, 0.29) is 11.5 Å². The Balaban J connectivity index is 1.94. The first kappa shape index (κ1) is 19.0. The van der Waals surface area contributed by atoms with Crippen molar-refractivity contribution in [1.82, 2.24) is 5.32 Å². The van der Waals surface area contributed by atoms with Crippen molar-refractivity contribution in [3.8, 4) is 17.9 Å². The number of ether oxygens (including phenoxy) is 2. The maximum atomic E-state index is 12.0. The van der Waals surface area contributed by atoms with Gasteiger partial charge in [-0.1, -0.05) is 12.1 Å². The number of carbonyl (C=O) groups excluding carboxylic acids is 2. The van der Waals surface area contributed by atoms with Gasteiger partial charge in [-0.15, -0.1) is 0 Å². The fourth-order valence-corrected chi connectivity index (χ4v) is 2.42. The van der Waals surface area contributed by atoms with Gasteiger partial charge in [-0.3, -0.25) is 4.79 Å². The summed E-state index contributed by atoms with van der Waals surface area (Å²) in [6.07, 6.45) is 3.13. The minimum absolute atomic E-state index is 0.122. The van der Waals surface area contributed by atoms with Crippen molar-refractivity contribution in [2.75, 3.05) is 13.7 Å². The van der Waals surface area contributed by atoms with Crippen LogP contribution >= 0.6 is 0 Å². The average molecular weight is 353 g/mol. The second-order valence-electron chi connectivity index (χ2n) is 6.16. The number of nitriles is 2. The van der Waals surface area contributed by atoms with Crippen molar-refractivity contribution in [2.45, 2.75) is 25.3 Å². The van der Waals surface area contributed by atoms with E-state index in [4.69, 9.17) is 14.7 Å². The lowest BCUT2D eigenvalue weighted by atomic mass is 9.98. The highest BCUT2D eigenvalue weighted by molar-refractivity contribution is 5.98. The number of methoxy groups -OCH3 is 1. The number of nitrogens with zero attached hydrogens (tertiary/aromatic N) is 2. The van der Waals surface area contributed by atoms with Crippen LogP contribution in [0.25, 0.3) is 6.08 Å². The van der Waals surface area contributed by atoms with Crippen LogP contribution < -0.4 is 10.1 Å². The van der Waals surface area contributed by atoms with Gasteiger partial charge in [-0.2, -0.15) is 10.5 Å². The molecule has 0 aromatic heterocycles. The fourth-order valence-electron chi connectivity index (χ4n) is 2.42. The molecular formula is C19H19N3O4. The number of benzene rings is 1. The number of nitrogens with one attached hydrogen (secondary N) is 1. The highest BCUT2D eigenvalue weighted by Crippen LogP contribution is 2.39. The third-order valence-corrected chi connectivity index (χ3v) is 4.13. The normalized spacial score (nSPS) is 15.8. The quantitative estimate of drug-likeness (QED) is 0.455. The van der Waals surface area contributed by atoms with Crippen molar-refractivity contribution < 1.29 is 19.1 Å². The Morgan fingerprint density at radius 3 is 2.46 bits per heavy atom. The van der Waals surface area contributed by atoms with Crippen LogP contribution in [0.4, 0.5) is 0 Å². The average Bonchev–Trinajstić information content (AvgIpc) is 3.50. The van der Waals surface area contributed by atoms with Gasteiger partial charge in [-0.05, 0) is 49.5 Å². The molecule has 0 spiro atoms. The molecule has 1 aliphatic rings. The van der Waals surface area contributed by atoms with E-state index >= 15 is 0 Å². The highest BCUT2D eigenvalue weighted by atomic mass is 16.5. The van der Waals surface area contributed by atoms with Crippen LogP contribution in [-0.2, 0) is 14.3 Å². The Bertz CT molecular complexity index is 798. The summed E-state index contributed by atoms with van der Waals surface area (Å²) < 4.78 is 9.93. The summed E-state index contributed by atoms with van der Waals surface area (Å²) in [4.78, 5) is 23.9. The smallest absolute Gasteiger partial charge is 0.349 e. The molecule has 0 aliphatic heterocycles. The van der Waals surface area contributed by atoms with Gasteiger partial charge >= 0.3 is 5.97 Å². The first-order valence-corrected chi connectivity index (χ1v) is 8.07. The van der Waals surface area contributed by atoms with Gasteiger partial charge in [-0.25, -0.2) is 4.79 Å². The van der Waals surface area contributed by atoms with Gasteiger partial charge in [0.05, 0.1) is 13.2 Å². The van der Waals surface area contributed by atoms with Crippen LogP contribution in [0.15, 0.2) is 29.8 Å². The standard InChI is InChI=1S/C19H19N3O4/c1-19(12-21,15-5-6-15)22-17(23)11-26-18(24)14(10-20)9-13-3-7-16(25-2)8-4-13/h3-4,7-9,15H,5-6,11H2,1-2H3,(H,22,23)/b14-9+/t19-/m0/s1. The summed E-state index contributed by atoms with van der Waals surface area (Å²) in [5.41, 5.74) is -0.566. The van der Waals surface area contributed by atoms with Crippen LogP contribution in [0.3, 0.4) is 0 Å². The molecule has 1 aromatic carbocycles. The molecule has 7 nitrogen and oxygen atoms in total. The molecule has 2 rings (SSSR count). The predicted octanol–water partition coefficient (Wildman–Crippen LogP) is 1.95. The molecule has 0 unspecified atom stereocenters. The molecule has 0 bridgehead atoms. The molecule has 26 heavy (non-hydrogen) atoms. The Morgan fingerprint density at radius 1 is 1.31 bits per heavy atom. The van der Waals surface area contributed by atoms with Crippen LogP contribution in [-0.4, -0.2) is 31.1 Å². The third-order valence-electron chi connectivity index (χ3n) is 4.13. The number of amides is 1. The van der Waals surface area contributed by atoms with Crippen molar-refractivity contribution in [3.05, 3.63) is 35.4 Å². The summed E-state index contributed by atoms with van der Waals surface area (Å²) in [6.45, 7) is 1.10. The Morgan fingerprint density at radius 2 is 1.96 bits per heavy atom. The summed E-state index contributed by atoms with van der Waals surface area (Å²) in [6, 6.07) is 10.6. The van der Waals surface area contributed by atoms with Crippen molar-refractivity contribution in [2.24, 2.45) is 5.92 Å². The molecule has 1 atom stereocenters. The molecule has 134 valence electrons. The highest BCUT2D eigenvalue weighted by Gasteiger charge is 2.43. The van der Waals surface area contributed by atoms with Gasteiger partial charge in [0, 0.05) is 0 Å². The molecular weight excluding hydrogens is 334 g/mol. The first-order valence-electron chi connectivity index (χ1n) is 8.07. The number of hydrogen-bond acceptors (Lipinski definition) is 6. The number of esters is 1. The van der Waals surface area contributed by atoms with Gasteiger partial charge in [0.15, 0.2) is 6.61 Å². The fraction of sp³-hybridized carbons (Fsp3) is 0.368. The molecule has 1 fully saturated rings.